The normalized spacial score (nSPS) is 10.6. The van der Waals surface area contributed by atoms with Gasteiger partial charge in [0.25, 0.3) is 0 Å². The molecule has 0 aliphatic heterocycles. The van der Waals surface area contributed by atoms with Crippen molar-refractivity contribution in [2.75, 3.05) is 34.5 Å². The van der Waals surface area contributed by atoms with Gasteiger partial charge in [0, 0.05) is 0 Å². The van der Waals surface area contributed by atoms with E-state index in [9.17, 15) is 4.79 Å². The number of hydrogen-bond donors (Lipinski definition) is 1. The minimum atomic E-state index is -0.460. The average molecular weight is 528 g/mol. The fourth-order valence-corrected chi connectivity index (χ4v) is 3.28. The van der Waals surface area contributed by atoms with Gasteiger partial charge in [-0.2, -0.15) is 5.10 Å². The lowest BCUT2D eigenvalue weighted by Gasteiger charge is -2.14. The molecule has 0 amide bonds. The maximum Gasteiger partial charge on any atom is 0.343 e. The number of carbonyl (C=O) groups excluding carboxylic acids is 1. The topological polar surface area (TPSA) is 87.6 Å². The molecular formula is C21H25IN2O6. The molecule has 162 valence electrons. The Morgan fingerprint density at radius 1 is 1.07 bits per heavy atom. The summed E-state index contributed by atoms with van der Waals surface area (Å²) in [5.41, 5.74) is 4.84. The van der Waals surface area contributed by atoms with E-state index in [0.29, 0.717) is 36.1 Å². The quantitative estimate of drug-likeness (QED) is 0.207. The fourth-order valence-electron chi connectivity index (χ4n) is 2.50. The number of benzene rings is 2. The van der Waals surface area contributed by atoms with Crippen LogP contribution in [0.4, 0.5) is 0 Å². The van der Waals surface area contributed by atoms with Gasteiger partial charge in [0.15, 0.2) is 29.6 Å². The van der Waals surface area contributed by atoms with E-state index in [0.717, 1.165) is 14.7 Å². The summed E-state index contributed by atoms with van der Waals surface area (Å²) >= 11 is 2.13. The number of nitrogens with zero attached hydrogens (tertiary/aromatic N) is 1. The Hall–Kier alpha value is -2.69. The van der Waals surface area contributed by atoms with Gasteiger partial charge in [-0.1, -0.05) is 6.07 Å². The van der Waals surface area contributed by atoms with E-state index in [1.807, 2.05) is 31.2 Å². The number of rotatable bonds is 11. The molecule has 0 aliphatic rings. The van der Waals surface area contributed by atoms with Gasteiger partial charge < -0.3 is 29.1 Å². The third kappa shape index (κ3) is 6.68. The highest BCUT2D eigenvalue weighted by molar-refractivity contribution is 14.1. The standard InChI is InChI=1S/C21H25IN2O6/c1-5-29-19-10-15(8-16(22)21(19)30-13-20(25)28-4)12-24-23-11-14-6-7-17(26-2)18(9-14)27-3/h6-10,12,23H,5,11,13H2,1-4H3/b24-12+. The van der Waals surface area contributed by atoms with Gasteiger partial charge in [0.1, 0.15) is 0 Å². The first kappa shape index (κ1) is 23.6. The molecule has 2 rings (SSSR count). The van der Waals surface area contributed by atoms with Crippen molar-refractivity contribution in [2.45, 2.75) is 13.5 Å². The molecular weight excluding hydrogens is 503 g/mol. The van der Waals surface area contributed by atoms with Crippen LogP contribution in [0.25, 0.3) is 0 Å². The average Bonchev–Trinajstić information content (AvgIpc) is 2.75. The predicted octanol–water partition coefficient (Wildman–Crippen LogP) is 3.38. The number of esters is 1. The first-order chi connectivity index (χ1) is 14.5. The minimum absolute atomic E-state index is 0.188. The third-order valence-corrected chi connectivity index (χ3v) is 4.73. The van der Waals surface area contributed by atoms with Crippen LogP contribution in [0.5, 0.6) is 23.0 Å². The van der Waals surface area contributed by atoms with E-state index in [2.05, 4.69) is 37.9 Å². The van der Waals surface area contributed by atoms with Crippen molar-refractivity contribution in [3.63, 3.8) is 0 Å². The van der Waals surface area contributed by atoms with Gasteiger partial charge in [-0.25, -0.2) is 4.79 Å². The van der Waals surface area contributed by atoms with E-state index < -0.39 is 5.97 Å². The highest BCUT2D eigenvalue weighted by Crippen LogP contribution is 2.34. The summed E-state index contributed by atoms with van der Waals surface area (Å²) in [7, 11) is 4.52. The zero-order chi connectivity index (χ0) is 21.9. The molecule has 2 aromatic rings. The minimum Gasteiger partial charge on any atom is -0.493 e. The van der Waals surface area contributed by atoms with Crippen molar-refractivity contribution in [3.05, 3.63) is 45.0 Å². The lowest BCUT2D eigenvalue weighted by molar-refractivity contribution is -0.142. The summed E-state index contributed by atoms with van der Waals surface area (Å²) in [4.78, 5) is 11.4. The van der Waals surface area contributed by atoms with Gasteiger partial charge in [-0.05, 0) is 64.9 Å². The Balaban J connectivity index is 2.06. The zero-order valence-electron chi connectivity index (χ0n) is 17.4. The van der Waals surface area contributed by atoms with E-state index in [1.165, 1.54) is 7.11 Å². The van der Waals surface area contributed by atoms with Gasteiger partial charge in [-0.3, -0.25) is 0 Å². The smallest absolute Gasteiger partial charge is 0.343 e. The summed E-state index contributed by atoms with van der Waals surface area (Å²) in [6.45, 7) is 2.67. The Labute approximate surface area is 189 Å². The number of halogens is 1. The molecule has 0 bridgehead atoms. The molecule has 1 N–H and O–H groups in total. The third-order valence-electron chi connectivity index (χ3n) is 3.93. The first-order valence-corrected chi connectivity index (χ1v) is 10.2. The van der Waals surface area contributed by atoms with Crippen molar-refractivity contribution in [2.24, 2.45) is 5.10 Å². The zero-order valence-corrected chi connectivity index (χ0v) is 19.5. The van der Waals surface area contributed by atoms with Gasteiger partial charge in [0.05, 0.1) is 44.3 Å². The van der Waals surface area contributed by atoms with Crippen LogP contribution in [-0.4, -0.2) is 46.7 Å². The van der Waals surface area contributed by atoms with Crippen LogP contribution in [-0.2, 0) is 16.1 Å². The number of ether oxygens (including phenoxy) is 5. The Morgan fingerprint density at radius 3 is 2.50 bits per heavy atom. The number of carbonyl (C=O) groups is 1. The summed E-state index contributed by atoms with van der Waals surface area (Å²) in [5, 5.41) is 4.27. The van der Waals surface area contributed by atoms with Crippen molar-refractivity contribution in [1.82, 2.24) is 5.43 Å². The molecule has 8 nitrogen and oxygen atoms in total. The first-order valence-electron chi connectivity index (χ1n) is 9.15. The van der Waals surface area contributed by atoms with Crippen LogP contribution in [0.2, 0.25) is 0 Å². The molecule has 0 fully saturated rings. The SMILES string of the molecule is CCOc1cc(/C=N/NCc2ccc(OC)c(OC)c2)cc(I)c1OCC(=O)OC. The number of nitrogens with one attached hydrogen (secondary N) is 1. The predicted molar refractivity (Wildman–Crippen MR) is 122 cm³/mol. The molecule has 2 aromatic carbocycles. The molecule has 0 saturated carbocycles. The van der Waals surface area contributed by atoms with Gasteiger partial charge >= 0.3 is 5.97 Å². The molecule has 0 atom stereocenters. The molecule has 0 aromatic heterocycles. The second-order valence-corrected chi connectivity index (χ2v) is 7.07. The van der Waals surface area contributed by atoms with E-state index in [1.54, 1.807) is 26.5 Å². The maximum atomic E-state index is 11.4. The van der Waals surface area contributed by atoms with Crippen LogP contribution < -0.4 is 24.4 Å². The Kier molecular flexibility index (Phi) is 9.52. The van der Waals surface area contributed by atoms with Crippen molar-refractivity contribution < 1.29 is 28.5 Å². The fraction of sp³-hybridized carbons (Fsp3) is 0.333. The molecule has 0 unspecified atom stereocenters. The number of hydrazone groups is 1. The molecule has 0 spiro atoms. The highest BCUT2D eigenvalue weighted by Gasteiger charge is 2.14. The Morgan fingerprint density at radius 2 is 1.83 bits per heavy atom. The largest absolute Gasteiger partial charge is 0.493 e. The summed E-state index contributed by atoms with van der Waals surface area (Å²) in [6.07, 6.45) is 1.69. The molecule has 0 heterocycles. The Bertz CT molecular complexity index is 888. The van der Waals surface area contributed by atoms with Crippen LogP contribution in [0, 0.1) is 3.57 Å². The molecule has 9 heteroatoms. The molecule has 0 saturated heterocycles. The van der Waals surface area contributed by atoms with Crippen molar-refractivity contribution in [3.8, 4) is 23.0 Å². The molecule has 0 aliphatic carbocycles. The monoisotopic (exact) mass is 528 g/mol. The summed E-state index contributed by atoms with van der Waals surface area (Å²) < 4.78 is 27.2. The second-order valence-electron chi connectivity index (χ2n) is 5.91. The summed E-state index contributed by atoms with van der Waals surface area (Å²) in [5.74, 6) is 1.92. The molecule has 30 heavy (non-hydrogen) atoms. The maximum absolute atomic E-state index is 11.4. The van der Waals surface area contributed by atoms with Crippen molar-refractivity contribution >= 4 is 34.8 Å². The van der Waals surface area contributed by atoms with Crippen LogP contribution in [0.15, 0.2) is 35.4 Å². The second kappa shape index (κ2) is 12.1. The van der Waals surface area contributed by atoms with E-state index >= 15 is 0 Å². The van der Waals surface area contributed by atoms with E-state index in [-0.39, 0.29) is 6.61 Å². The lowest BCUT2D eigenvalue weighted by atomic mass is 10.2. The van der Waals surface area contributed by atoms with Crippen LogP contribution >= 0.6 is 22.6 Å². The number of hydrogen-bond acceptors (Lipinski definition) is 8. The summed E-state index contributed by atoms with van der Waals surface area (Å²) in [6, 6.07) is 9.37. The van der Waals surface area contributed by atoms with Gasteiger partial charge in [0.2, 0.25) is 0 Å². The van der Waals surface area contributed by atoms with Crippen molar-refractivity contribution in [1.29, 1.82) is 0 Å². The van der Waals surface area contributed by atoms with E-state index in [4.69, 9.17) is 18.9 Å². The van der Waals surface area contributed by atoms with Crippen LogP contribution in [0.1, 0.15) is 18.1 Å². The number of methoxy groups -OCH3 is 3. The molecule has 0 radical (unpaired) electrons. The van der Waals surface area contributed by atoms with Gasteiger partial charge in [-0.15, -0.1) is 0 Å². The highest BCUT2D eigenvalue weighted by atomic mass is 127. The lowest BCUT2D eigenvalue weighted by Crippen LogP contribution is -2.14. The van der Waals surface area contributed by atoms with Crippen LogP contribution in [0.3, 0.4) is 0 Å².